The summed E-state index contributed by atoms with van der Waals surface area (Å²) in [4.78, 5) is 28.0. The van der Waals surface area contributed by atoms with Gasteiger partial charge in [-0.15, -0.1) is 0 Å². The van der Waals surface area contributed by atoms with Gasteiger partial charge in [-0.2, -0.15) is 0 Å². The number of fused-ring (bicyclic) bond motifs is 1. The van der Waals surface area contributed by atoms with Crippen LogP contribution in [0.2, 0.25) is 0 Å². The quantitative estimate of drug-likeness (QED) is 0.476. The van der Waals surface area contributed by atoms with Gasteiger partial charge in [0.1, 0.15) is 5.60 Å². The van der Waals surface area contributed by atoms with Crippen LogP contribution in [0.4, 0.5) is 10.5 Å². The van der Waals surface area contributed by atoms with E-state index in [0.717, 1.165) is 38.4 Å². The number of rotatable bonds is 6. The first kappa shape index (κ1) is 23.1. The van der Waals surface area contributed by atoms with Gasteiger partial charge in [0.05, 0.1) is 12.1 Å². The van der Waals surface area contributed by atoms with Crippen molar-refractivity contribution in [3.8, 4) is 0 Å². The second-order valence-corrected chi connectivity index (χ2v) is 11.0. The molecule has 3 aliphatic rings. The zero-order chi connectivity index (χ0) is 25.0. The Kier molecular flexibility index (Phi) is 5.56. The third-order valence-electron chi connectivity index (χ3n) is 8.10. The molecule has 1 aromatic heterocycles. The Morgan fingerprint density at radius 3 is 2.47 bits per heavy atom. The van der Waals surface area contributed by atoms with Crippen LogP contribution in [0.3, 0.4) is 0 Å². The van der Waals surface area contributed by atoms with Crippen molar-refractivity contribution >= 4 is 28.7 Å². The van der Waals surface area contributed by atoms with Crippen LogP contribution < -0.4 is 4.90 Å². The topological polar surface area (TPSA) is 75.0 Å². The summed E-state index contributed by atoms with van der Waals surface area (Å²) in [5, 5.41) is 10.5. The molecule has 1 amide bonds. The second kappa shape index (κ2) is 8.66. The number of carbonyl (C=O) groups excluding carboxylic acids is 1. The van der Waals surface area contributed by atoms with Crippen LogP contribution in [0.5, 0.6) is 0 Å². The Labute approximate surface area is 211 Å². The first-order valence-electron chi connectivity index (χ1n) is 13.0. The fourth-order valence-corrected chi connectivity index (χ4v) is 5.79. The van der Waals surface area contributed by atoms with Gasteiger partial charge in [0.15, 0.2) is 0 Å². The predicted octanol–water partition coefficient (Wildman–Crippen LogP) is 5.79. The first-order valence-corrected chi connectivity index (χ1v) is 13.0. The minimum Gasteiger partial charge on any atom is -0.478 e. The van der Waals surface area contributed by atoms with Gasteiger partial charge >= 0.3 is 12.1 Å². The predicted molar refractivity (Wildman–Crippen MR) is 139 cm³/mol. The van der Waals surface area contributed by atoms with Gasteiger partial charge in [0.25, 0.3) is 0 Å². The fraction of sp³-hybridized carbons (Fsp3) is 0.448. The summed E-state index contributed by atoms with van der Waals surface area (Å²) >= 11 is 0. The lowest BCUT2D eigenvalue weighted by molar-refractivity contribution is -0.000898. The van der Waals surface area contributed by atoms with E-state index in [0.29, 0.717) is 18.3 Å². The molecule has 1 N–H and O–H groups in total. The zero-order valence-corrected chi connectivity index (χ0v) is 20.9. The standard InChI is InChI=1S/C29H33N3O4/c1-19(2)31-17-23(25-15-22(20-3-4-20)7-10-26(25)31)16-30-13-11-29(12-14-30)18-32(28(35)36-29)24-8-5-21(6-9-24)27(33)34/h5-10,15,17,19-20H,3-4,11-14,16,18H2,1-2H3,(H,33,34). The lowest BCUT2D eigenvalue weighted by Crippen LogP contribution is -2.46. The van der Waals surface area contributed by atoms with Crippen molar-refractivity contribution in [3.05, 3.63) is 65.4 Å². The van der Waals surface area contributed by atoms with Crippen LogP contribution in [-0.4, -0.2) is 51.9 Å². The Balaban J connectivity index is 1.15. The number of carboxylic acids is 1. The van der Waals surface area contributed by atoms with Crippen LogP contribution in [0.15, 0.2) is 48.7 Å². The maximum absolute atomic E-state index is 12.7. The van der Waals surface area contributed by atoms with Crippen LogP contribution in [0.25, 0.3) is 10.9 Å². The highest BCUT2D eigenvalue weighted by Gasteiger charge is 2.47. The second-order valence-electron chi connectivity index (χ2n) is 11.0. The van der Waals surface area contributed by atoms with E-state index in [1.165, 1.54) is 47.0 Å². The minimum absolute atomic E-state index is 0.206. The molecule has 3 fully saturated rings. The number of nitrogens with zero attached hydrogens (tertiary/aromatic N) is 3. The average Bonchev–Trinajstić information content (AvgIpc) is 3.59. The SMILES string of the molecule is CC(C)n1cc(CN2CCC3(CC2)CN(c2ccc(C(=O)O)cc2)C(=O)O3)c2cc(C3CC3)ccc21. The lowest BCUT2D eigenvalue weighted by atomic mass is 9.91. The summed E-state index contributed by atoms with van der Waals surface area (Å²) in [5.41, 5.74) is 4.56. The van der Waals surface area contributed by atoms with Crippen molar-refractivity contribution in [1.82, 2.24) is 9.47 Å². The summed E-state index contributed by atoms with van der Waals surface area (Å²) in [7, 11) is 0. The third kappa shape index (κ3) is 4.15. The minimum atomic E-state index is -0.977. The molecular formula is C29H33N3O4. The fourth-order valence-electron chi connectivity index (χ4n) is 5.79. The van der Waals surface area contributed by atoms with E-state index >= 15 is 0 Å². The van der Waals surface area contributed by atoms with E-state index in [1.807, 2.05) is 0 Å². The van der Waals surface area contributed by atoms with Gasteiger partial charge in [0, 0.05) is 61.3 Å². The smallest absolute Gasteiger partial charge is 0.415 e. The van der Waals surface area contributed by atoms with Crippen LogP contribution in [0, 0.1) is 0 Å². The molecule has 2 saturated heterocycles. The van der Waals surface area contributed by atoms with Gasteiger partial charge in [0.2, 0.25) is 0 Å². The summed E-state index contributed by atoms with van der Waals surface area (Å²) < 4.78 is 8.32. The van der Waals surface area contributed by atoms with Crippen molar-refractivity contribution in [1.29, 1.82) is 0 Å². The van der Waals surface area contributed by atoms with Crippen LogP contribution >= 0.6 is 0 Å². The Bertz CT molecular complexity index is 1310. The number of likely N-dealkylation sites (tertiary alicyclic amines) is 1. The largest absolute Gasteiger partial charge is 0.478 e. The van der Waals surface area contributed by atoms with Gasteiger partial charge < -0.3 is 14.4 Å². The molecule has 1 aliphatic carbocycles. The van der Waals surface area contributed by atoms with Gasteiger partial charge in [-0.25, -0.2) is 9.59 Å². The van der Waals surface area contributed by atoms with E-state index in [9.17, 15) is 9.59 Å². The van der Waals surface area contributed by atoms with E-state index in [4.69, 9.17) is 9.84 Å². The molecule has 1 spiro atoms. The molecule has 6 rings (SSSR count). The Morgan fingerprint density at radius 2 is 1.83 bits per heavy atom. The number of benzene rings is 2. The van der Waals surface area contributed by atoms with E-state index in [1.54, 1.807) is 17.0 Å². The number of ether oxygens (including phenoxy) is 1. The monoisotopic (exact) mass is 487 g/mol. The molecular weight excluding hydrogens is 454 g/mol. The number of hydrogen-bond acceptors (Lipinski definition) is 4. The molecule has 0 unspecified atom stereocenters. The van der Waals surface area contributed by atoms with Gasteiger partial charge in [-0.05, 0) is 80.1 Å². The molecule has 0 atom stereocenters. The highest BCUT2D eigenvalue weighted by Crippen LogP contribution is 2.42. The van der Waals surface area contributed by atoms with Gasteiger partial charge in [-0.3, -0.25) is 9.80 Å². The van der Waals surface area contributed by atoms with Crippen molar-refractivity contribution < 1.29 is 19.4 Å². The van der Waals surface area contributed by atoms with Crippen molar-refractivity contribution in [2.75, 3.05) is 24.5 Å². The molecule has 1 saturated carbocycles. The molecule has 36 heavy (non-hydrogen) atoms. The van der Waals surface area contributed by atoms with Crippen LogP contribution in [0.1, 0.15) is 73.0 Å². The first-order chi connectivity index (χ1) is 17.3. The summed E-state index contributed by atoms with van der Waals surface area (Å²) in [5.74, 6) is -0.241. The van der Waals surface area contributed by atoms with Gasteiger partial charge in [-0.1, -0.05) is 6.07 Å². The highest BCUT2D eigenvalue weighted by molar-refractivity contribution is 5.92. The number of carboxylic acid groups (broad SMARTS) is 1. The highest BCUT2D eigenvalue weighted by atomic mass is 16.6. The maximum Gasteiger partial charge on any atom is 0.415 e. The van der Waals surface area contributed by atoms with Crippen LogP contribution in [-0.2, 0) is 11.3 Å². The summed E-state index contributed by atoms with van der Waals surface area (Å²) in [6.45, 7) is 7.61. The molecule has 7 heteroatoms. The number of aromatic carboxylic acids is 1. The summed E-state index contributed by atoms with van der Waals surface area (Å²) in [6, 6.07) is 13.8. The molecule has 2 aromatic carbocycles. The number of carbonyl (C=O) groups is 2. The molecule has 3 aromatic rings. The Morgan fingerprint density at radius 1 is 1.11 bits per heavy atom. The Hall–Kier alpha value is -3.32. The lowest BCUT2D eigenvalue weighted by Gasteiger charge is -2.37. The number of amides is 1. The summed E-state index contributed by atoms with van der Waals surface area (Å²) in [6.07, 6.45) is 6.17. The number of piperidine rings is 1. The molecule has 2 aliphatic heterocycles. The molecule has 0 radical (unpaired) electrons. The van der Waals surface area contributed by atoms with Crippen molar-refractivity contribution in [3.63, 3.8) is 0 Å². The number of anilines is 1. The van der Waals surface area contributed by atoms with Crippen molar-refractivity contribution in [2.45, 2.75) is 63.6 Å². The van der Waals surface area contributed by atoms with E-state index < -0.39 is 11.6 Å². The zero-order valence-electron chi connectivity index (χ0n) is 20.9. The molecule has 7 nitrogen and oxygen atoms in total. The third-order valence-corrected chi connectivity index (χ3v) is 8.10. The van der Waals surface area contributed by atoms with E-state index in [-0.39, 0.29) is 11.7 Å². The normalized spacial score (nSPS) is 20.0. The number of aromatic nitrogens is 1. The van der Waals surface area contributed by atoms with E-state index in [2.05, 4.69) is 47.7 Å². The molecule has 3 heterocycles. The maximum atomic E-state index is 12.7. The number of hydrogen-bond donors (Lipinski definition) is 1. The van der Waals surface area contributed by atoms with Crippen molar-refractivity contribution in [2.24, 2.45) is 0 Å². The molecule has 188 valence electrons. The molecule has 0 bridgehead atoms. The average molecular weight is 488 g/mol.